The van der Waals surface area contributed by atoms with Crippen molar-refractivity contribution in [1.82, 2.24) is 14.9 Å². The number of pyridine rings is 1. The highest BCUT2D eigenvalue weighted by atomic mass is 16.2. The van der Waals surface area contributed by atoms with Gasteiger partial charge in [0.25, 0.3) is 0 Å². The third-order valence-corrected chi connectivity index (χ3v) is 7.06. The van der Waals surface area contributed by atoms with Gasteiger partial charge in [0.1, 0.15) is 5.82 Å². The smallest absolute Gasteiger partial charge is 0.243 e. The van der Waals surface area contributed by atoms with Crippen LogP contribution in [0.15, 0.2) is 84.9 Å². The zero-order valence-corrected chi connectivity index (χ0v) is 18.0. The van der Waals surface area contributed by atoms with E-state index in [1.165, 1.54) is 22.2 Å². The van der Waals surface area contributed by atoms with Crippen molar-refractivity contribution >= 4 is 33.5 Å². The summed E-state index contributed by atoms with van der Waals surface area (Å²) in [4.78, 5) is 24.4. The van der Waals surface area contributed by atoms with Crippen LogP contribution in [0.2, 0.25) is 0 Å². The number of nitrogens with one attached hydrogen (secondary N) is 2. The highest BCUT2D eigenvalue weighted by Gasteiger charge is 2.42. The summed E-state index contributed by atoms with van der Waals surface area (Å²) < 4.78 is 0. The maximum absolute atomic E-state index is 13.6. The fourth-order valence-electron chi connectivity index (χ4n) is 5.55. The minimum atomic E-state index is -0.278. The van der Waals surface area contributed by atoms with E-state index in [1.807, 2.05) is 24.3 Å². The van der Waals surface area contributed by atoms with E-state index >= 15 is 0 Å². The van der Waals surface area contributed by atoms with Crippen molar-refractivity contribution in [2.45, 2.75) is 25.0 Å². The molecule has 1 amide bonds. The average Bonchev–Trinajstić information content (AvgIpc) is 3.16. The molecule has 2 aliphatic heterocycles. The second-order valence-corrected chi connectivity index (χ2v) is 8.95. The molecule has 160 valence electrons. The van der Waals surface area contributed by atoms with Crippen LogP contribution < -0.4 is 5.32 Å². The Labute approximate surface area is 191 Å². The van der Waals surface area contributed by atoms with E-state index in [0.29, 0.717) is 18.8 Å². The first-order chi connectivity index (χ1) is 16.3. The maximum Gasteiger partial charge on any atom is 0.243 e. The molecule has 0 bridgehead atoms. The highest BCUT2D eigenvalue weighted by Crippen LogP contribution is 2.43. The number of carbonyl (C=O) groups is 1. The zero-order valence-electron chi connectivity index (χ0n) is 18.0. The molecule has 5 heteroatoms. The van der Waals surface area contributed by atoms with E-state index in [0.717, 1.165) is 22.0 Å². The van der Waals surface area contributed by atoms with Gasteiger partial charge in [0.2, 0.25) is 5.91 Å². The number of anilines is 1. The Kier molecular flexibility index (Phi) is 3.96. The van der Waals surface area contributed by atoms with E-state index in [4.69, 9.17) is 4.98 Å². The predicted octanol–water partition coefficient (Wildman–Crippen LogP) is 5.18. The van der Waals surface area contributed by atoms with E-state index < -0.39 is 0 Å². The van der Waals surface area contributed by atoms with Crippen LogP contribution >= 0.6 is 0 Å². The van der Waals surface area contributed by atoms with E-state index in [1.54, 1.807) is 0 Å². The third-order valence-electron chi connectivity index (χ3n) is 7.06. The summed E-state index contributed by atoms with van der Waals surface area (Å²) in [5.74, 6) is 0.682. The van der Waals surface area contributed by atoms with Crippen LogP contribution in [-0.4, -0.2) is 26.8 Å². The summed E-state index contributed by atoms with van der Waals surface area (Å²) >= 11 is 0. The molecule has 0 fully saturated rings. The summed E-state index contributed by atoms with van der Waals surface area (Å²) in [6, 6.07) is 28.8. The lowest BCUT2D eigenvalue weighted by Gasteiger charge is -2.40. The summed E-state index contributed by atoms with van der Waals surface area (Å²) in [5.41, 5.74) is 6.66. The Morgan fingerprint density at radius 1 is 0.909 bits per heavy atom. The van der Waals surface area contributed by atoms with Crippen LogP contribution in [0.5, 0.6) is 0 Å². The summed E-state index contributed by atoms with van der Waals surface area (Å²) in [7, 11) is 0. The standard InChI is InChI=1S/C28H22N4O/c33-28-24-15-21-20-11-5-7-13-23(20)29-25(21)26(17-8-2-1-3-9-17)32(24)16-19-14-18-10-4-6-12-22(18)30-27(19)31-28/h1-14,24,26,29H,15-16H2,(H,30,31,33)/t24-,26+/m0/s1. The summed E-state index contributed by atoms with van der Waals surface area (Å²) in [6.07, 6.45) is 0.669. The quantitative estimate of drug-likeness (QED) is 0.385. The van der Waals surface area contributed by atoms with E-state index in [2.05, 4.69) is 75.9 Å². The molecule has 33 heavy (non-hydrogen) atoms. The van der Waals surface area contributed by atoms with E-state index in [-0.39, 0.29) is 18.0 Å². The number of aromatic nitrogens is 2. The molecule has 0 spiro atoms. The molecule has 2 aliphatic rings. The molecule has 5 aromatic rings. The van der Waals surface area contributed by atoms with Crippen LogP contribution in [0.4, 0.5) is 5.82 Å². The Morgan fingerprint density at radius 3 is 2.61 bits per heavy atom. The van der Waals surface area contributed by atoms with Crippen molar-refractivity contribution in [3.8, 4) is 0 Å². The number of aromatic amines is 1. The first-order valence-corrected chi connectivity index (χ1v) is 11.4. The van der Waals surface area contributed by atoms with Gasteiger partial charge in [-0.1, -0.05) is 66.7 Å². The molecule has 2 N–H and O–H groups in total. The van der Waals surface area contributed by atoms with Gasteiger partial charge in [-0.15, -0.1) is 0 Å². The van der Waals surface area contributed by atoms with Gasteiger partial charge in [0, 0.05) is 34.1 Å². The van der Waals surface area contributed by atoms with Gasteiger partial charge in [-0.3, -0.25) is 9.69 Å². The Bertz CT molecular complexity index is 1540. The van der Waals surface area contributed by atoms with Crippen molar-refractivity contribution in [3.05, 3.63) is 107 Å². The zero-order chi connectivity index (χ0) is 21.9. The number of benzene rings is 3. The number of fused-ring (bicyclic) bond motifs is 6. The molecule has 2 aromatic heterocycles. The number of amides is 1. The maximum atomic E-state index is 13.6. The van der Waals surface area contributed by atoms with Gasteiger partial charge in [-0.2, -0.15) is 0 Å². The van der Waals surface area contributed by atoms with Gasteiger partial charge >= 0.3 is 0 Å². The topological polar surface area (TPSA) is 61.0 Å². The number of nitrogens with zero attached hydrogens (tertiary/aromatic N) is 2. The molecule has 0 aliphatic carbocycles. The largest absolute Gasteiger partial charge is 0.357 e. The van der Waals surface area contributed by atoms with Crippen LogP contribution in [-0.2, 0) is 17.8 Å². The lowest BCUT2D eigenvalue weighted by Crippen LogP contribution is -2.48. The summed E-state index contributed by atoms with van der Waals surface area (Å²) in [6.45, 7) is 0.644. The van der Waals surface area contributed by atoms with Crippen LogP contribution in [0.1, 0.15) is 28.4 Å². The van der Waals surface area contributed by atoms with Gasteiger partial charge in [0.15, 0.2) is 0 Å². The monoisotopic (exact) mass is 430 g/mol. The molecule has 0 saturated carbocycles. The first-order valence-electron chi connectivity index (χ1n) is 11.4. The molecule has 4 heterocycles. The fraction of sp³-hybridized carbons (Fsp3) is 0.143. The number of para-hydroxylation sites is 2. The Balaban J connectivity index is 1.45. The van der Waals surface area contributed by atoms with Crippen molar-refractivity contribution in [1.29, 1.82) is 0 Å². The molecule has 0 saturated heterocycles. The second-order valence-electron chi connectivity index (χ2n) is 8.95. The van der Waals surface area contributed by atoms with Crippen molar-refractivity contribution in [3.63, 3.8) is 0 Å². The molecule has 7 rings (SSSR count). The molecule has 3 aromatic carbocycles. The van der Waals surface area contributed by atoms with Crippen LogP contribution in [0, 0.1) is 0 Å². The van der Waals surface area contributed by atoms with Crippen molar-refractivity contribution in [2.75, 3.05) is 5.32 Å². The number of H-pyrrole nitrogens is 1. The normalized spacial score (nSPS) is 20.1. The van der Waals surface area contributed by atoms with Crippen molar-refractivity contribution in [2.24, 2.45) is 0 Å². The average molecular weight is 431 g/mol. The predicted molar refractivity (Wildman–Crippen MR) is 130 cm³/mol. The second kappa shape index (κ2) is 7.02. The van der Waals surface area contributed by atoms with E-state index in [9.17, 15) is 4.79 Å². The SMILES string of the molecule is O=C1Nc2nc3ccccc3cc2CN2[C@H](c3ccccc3)c3[nH]c4ccccc4c3C[C@@H]12. The minimum Gasteiger partial charge on any atom is -0.357 e. The lowest BCUT2D eigenvalue weighted by molar-refractivity contribution is -0.122. The van der Waals surface area contributed by atoms with Crippen LogP contribution in [0.25, 0.3) is 21.8 Å². The highest BCUT2D eigenvalue weighted by molar-refractivity contribution is 5.98. The number of carbonyl (C=O) groups excluding carboxylic acids is 1. The lowest BCUT2D eigenvalue weighted by atomic mass is 9.87. The molecule has 2 atom stereocenters. The van der Waals surface area contributed by atoms with Gasteiger partial charge in [-0.25, -0.2) is 4.98 Å². The number of hydrogen-bond acceptors (Lipinski definition) is 3. The summed E-state index contributed by atoms with van der Waals surface area (Å²) in [5, 5.41) is 5.44. The van der Waals surface area contributed by atoms with Gasteiger partial charge < -0.3 is 10.3 Å². The molecule has 0 radical (unpaired) electrons. The Morgan fingerprint density at radius 2 is 1.70 bits per heavy atom. The van der Waals surface area contributed by atoms with Crippen molar-refractivity contribution < 1.29 is 4.79 Å². The Hall–Kier alpha value is -3.96. The molecular formula is C28H22N4O. The molecule has 5 nitrogen and oxygen atoms in total. The van der Waals surface area contributed by atoms with Crippen LogP contribution in [0.3, 0.4) is 0 Å². The number of hydrogen-bond donors (Lipinski definition) is 2. The third kappa shape index (κ3) is 2.82. The minimum absolute atomic E-state index is 0.00777. The molecular weight excluding hydrogens is 408 g/mol. The van der Waals surface area contributed by atoms with Gasteiger partial charge in [-0.05, 0) is 35.7 Å². The first kappa shape index (κ1) is 18.6. The van der Waals surface area contributed by atoms with Gasteiger partial charge in [0.05, 0.1) is 17.6 Å². The number of rotatable bonds is 1. The fourth-order valence-corrected chi connectivity index (χ4v) is 5.55. The molecule has 0 unspecified atom stereocenters.